The molecule has 2 aliphatic rings. The zero-order chi connectivity index (χ0) is 15.8. The number of piperazine rings is 1. The summed E-state index contributed by atoms with van der Waals surface area (Å²) in [5, 5.41) is 0. The van der Waals surface area contributed by atoms with E-state index < -0.39 is 0 Å². The van der Waals surface area contributed by atoms with Gasteiger partial charge in [-0.05, 0) is 19.9 Å². The molecule has 0 radical (unpaired) electrons. The Hall–Kier alpha value is -1.93. The summed E-state index contributed by atoms with van der Waals surface area (Å²) in [6.07, 6.45) is 3.88. The third-order valence-corrected chi connectivity index (χ3v) is 4.58. The van der Waals surface area contributed by atoms with Crippen molar-refractivity contribution in [3.05, 3.63) is 6.33 Å². The number of ether oxygens (including phenoxy) is 2. The van der Waals surface area contributed by atoms with Gasteiger partial charge in [-0.3, -0.25) is 4.57 Å². The zero-order valence-electron chi connectivity index (χ0n) is 13.6. The molecule has 1 atom stereocenters. The van der Waals surface area contributed by atoms with Gasteiger partial charge in [0.25, 0.3) is 0 Å². The summed E-state index contributed by atoms with van der Waals surface area (Å²) in [5.74, 6) is 0.858. The third kappa shape index (κ3) is 2.61. The Labute approximate surface area is 135 Å². The Morgan fingerprint density at radius 1 is 1.22 bits per heavy atom. The largest absolute Gasteiger partial charge is 0.467 e. The van der Waals surface area contributed by atoms with Crippen LogP contribution in [0.2, 0.25) is 0 Å². The van der Waals surface area contributed by atoms with Gasteiger partial charge in [-0.25, -0.2) is 4.98 Å². The maximum Gasteiger partial charge on any atom is 0.320 e. The molecule has 8 nitrogen and oxygen atoms in total. The molecule has 8 heteroatoms. The lowest BCUT2D eigenvalue weighted by Gasteiger charge is -2.33. The normalized spacial score (nSPS) is 22.9. The molecule has 2 fully saturated rings. The van der Waals surface area contributed by atoms with Crippen LogP contribution in [0.4, 0.5) is 5.82 Å². The monoisotopic (exact) mass is 318 g/mol. The van der Waals surface area contributed by atoms with Gasteiger partial charge in [0, 0.05) is 32.8 Å². The van der Waals surface area contributed by atoms with Crippen molar-refractivity contribution in [2.24, 2.45) is 0 Å². The molecule has 0 aromatic carbocycles. The minimum absolute atomic E-state index is 0.0138. The smallest absolute Gasteiger partial charge is 0.320 e. The Kier molecular flexibility index (Phi) is 3.78. The maximum atomic E-state index is 5.78. The van der Waals surface area contributed by atoms with Crippen molar-refractivity contribution in [2.45, 2.75) is 19.1 Å². The number of likely N-dealkylation sites (N-methyl/N-ethyl adjacent to an activating group) is 1. The molecule has 0 spiro atoms. The van der Waals surface area contributed by atoms with Crippen molar-refractivity contribution >= 4 is 17.0 Å². The SMILES string of the molecule is COc1nc(N2CCN(C)CC2)c2ncn([C@H]3CCCO3)c2n1. The van der Waals surface area contributed by atoms with Crippen molar-refractivity contribution in [3.63, 3.8) is 0 Å². The Morgan fingerprint density at radius 3 is 2.74 bits per heavy atom. The topological polar surface area (TPSA) is 68.5 Å². The summed E-state index contributed by atoms with van der Waals surface area (Å²) in [4.78, 5) is 18.2. The minimum atomic E-state index is 0.0138. The molecule has 0 N–H and O–H groups in total. The predicted octanol–water partition coefficient (Wildman–Crippen LogP) is 0.896. The van der Waals surface area contributed by atoms with Gasteiger partial charge in [-0.2, -0.15) is 9.97 Å². The van der Waals surface area contributed by atoms with Gasteiger partial charge < -0.3 is 19.3 Å². The van der Waals surface area contributed by atoms with Crippen LogP contribution in [0.5, 0.6) is 6.01 Å². The highest BCUT2D eigenvalue weighted by atomic mass is 16.5. The Bertz CT molecular complexity index is 689. The fourth-order valence-electron chi connectivity index (χ4n) is 3.20. The van der Waals surface area contributed by atoms with Crippen LogP contribution in [0.25, 0.3) is 11.2 Å². The lowest BCUT2D eigenvalue weighted by atomic mass is 10.3. The summed E-state index contributed by atoms with van der Waals surface area (Å²) in [7, 11) is 3.74. The summed E-state index contributed by atoms with van der Waals surface area (Å²) < 4.78 is 13.1. The van der Waals surface area contributed by atoms with Gasteiger partial charge in [0.2, 0.25) is 0 Å². The van der Waals surface area contributed by atoms with E-state index in [1.807, 2.05) is 10.9 Å². The summed E-state index contributed by atoms with van der Waals surface area (Å²) in [5.41, 5.74) is 1.61. The first-order valence-corrected chi connectivity index (χ1v) is 8.10. The molecule has 2 aliphatic heterocycles. The molecular formula is C15H22N6O2. The molecular weight excluding hydrogens is 296 g/mol. The third-order valence-electron chi connectivity index (χ3n) is 4.58. The lowest BCUT2D eigenvalue weighted by molar-refractivity contribution is 0.0592. The number of fused-ring (bicyclic) bond motifs is 1. The summed E-state index contributed by atoms with van der Waals surface area (Å²) >= 11 is 0. The van der Waals surface area contributed by atoms with Gasteiger partial charge in [-0.1, -0.05) is 0 Å². The first-order chi connectivity index (χ1) is 11.3. The molecule has 4 rings (SSSR count). The predicted molar refractivity (Wildman–Crippen MR) is 85.8 cm³/mol. The second-order valence-electron chi connectivity index (χ2n) is 6.12. The van der Waals surface area contributed by atoms with Crippen molar-refractivity contribution in [1.82, 2.24) is 24.4 Å². The van der Waals surface area contributed by atoms with E-state index in [0.717, 1.165) is 62.6 Å². The number of aromatic nitrogens is 4. The first-order valence-electron chi connectivity index (χ1n) is 8.10. The number of imidazole rings is 1. The number of rotatable bonds is 3. The van der Waals surface area contributed by atoms with Crippen LogP contribution in [0.1, 0.15) is 19.1 Å². The molecule has 0 bridgehead atoms. The van der Waals surface area contributed by atoms with E-state index in [-0.39, 0.29) is 6.23 Å². The average Bonchev–Trinajstić information content (AvgIpc) is 3.23. The van der Waals surface area contributed by atoms with Crippen molar-refractivity contribution < 1.29 is 9.47 Å². The highest BCUT2D eigenvalue weighted by molar-refractivity contribution is 5.84. The molecule has 2 saturated heterocycles. The second kappa shape index (κ2) is 5.93. The molecule has 0 saturated carbocycles. The Balaban J connectivity index is 1.77. The zero-order valence-corrected chi connectivity index (χ0v) is 13.6. The van der Waals surface area contributed by atoms with E-state index in [2.05, 4.69) is 31.8 Å². The van der Waals surface area contributed by atoms with Gasteiger partial charge in [0.05, 0.1) is 13.4 Å². The van der Waals surface area contributed by atoms with Crippen molar-refractivity contribution in [1.29, 1.82) is 0 Å². The van der Waals surface area contributed by atoms with E-state index in [9.17, 15) is 0 Å². The highest BCUT2D eigenvalue weighted by Crippen LogP contribution is 2.31. The average molecular weight is 318 g/mol. The molecule has 2 aromatic heterocycles. The van der Waals surface area contributed by atoms with Gasteiger partial charge in [0.1, 0.15) is 6.23 Å². The van der Waals surface area contributed by atoms with Crippen LogP contribution in [0, 0.1) is 0 Å². The summed E-state index contributed by atoms with van der Waals surface area (Å²) in [6.45, 7) is 4.68. The number of hydrogen-bond acceptors (Lipinski definition) is 7. The number of methoxy groups -OCH3 is 1. The molecule has 0 aliphatic carbocycles. The van der Waals surface area contributed by atoms with E-state index in [1.54, 1.807) is 7.11 Å². The second-order valence-corrected chi connectivity index (χ2v) is 6.12. The number of anilines is 1. The van der Waals surface area contributed by atoms with E-state index in [0.29, 0.717) is 6.01 Å². The lowest BCUT2D eigenvalue weighted by Crippen LogP contribution is -2.45. The van der Waals surface area contributed by atoms with Gasteiger partial charge in [-0.15, -0.1) is 0 Å². The fraction of sp³-hybridized carbons (Fsp3) is 0.667. The van der Waals surface area contributed by atoms with Crippen LogP contribution < -0.4 is 9.64 Å². The number of hydrogen-bond donors (Lipinski definition) is 0. The highest BCUT2D eigenvalue weighted by Gasteiger charge is 2.25. The molecule has 0 amide bonds. The fourth-order valence-corrected chi connectivity index (χ4v) is 3.20. The van der Waals surface area contributed by atoms with E-state index in [4.69, 9.17) is 9.47 Å². The Morgan fingerprint density at radius 2 is 2.04 bits per heavy atom. The van der Waals surface area contributed by atoms with Gasteiger partial charge in [0.15, 0.2) is 17.0 Å². The van der Waals surface area contributed by atoms with E-state index >= 15 is 0 Å². The molecule has 4 heterocycles. The molecule has 0 unspecified atom stereocenters. The van der Waals surface area contributed by atoms with Crippen LogP contribution in [-0.2, 0) is 4.74 Å². The molecule has 124 valence electrons. The number of nitrogens with zero attached hydrogens (tertiary/aromatic N) is 6. The van der Waals surface area contributed by atoms with Crippen LogP contribution in [-0.4, -0.2) is 71.4 Å². The van der Waals surface area contributed by atoms with Crippen molar-refractivity contribution in [3.8, 4) is 6.01 Å². The van der Waals surface area contributed by atoms with Crippen LogP contribution in [0.3, 0.4) is 0 Å². The standard InChI is InChI=1S/C15H22N6O2/c1-19-5-7-20(8-6-19)13-12-14(18-15(17-13)22-2)21(10-16-12)11-4-3-9-23-11/h10-11H,3-9H2,1-2H3/t11-/m1/s1. The van der Waals surface area contributed by atoms with Gasteiger partial charge >= 0.3 is 6.01 Å². The van der Waals surface area contributed by atoms with Crippen LogP contribution in [0.15, 0.2) is 6.33 Å². The minimum Gasteiger partial charge on any atom is -0.467 e. The molecule has 2 aromatic rings. The van der Waals surface area contributed by atoms with Crippen molar-refractivity contribution in [2.75, 3.05) is 51.8 Å². The summed E-state index contributed by atoms with van der Waals surface area (Å²) in [6, 6.07) is 0.381. The first kappa shape index (κ1) is 14.6. The molecule has 23 heavy (non-hydrogen) atoms. The van der Waals surface area contributed by atoms with E-state index in [1.165, 1.54) is 0 Å². The van der Waals surface area contributed by atoms with Crippen LogP contribution >= 0.6 is 0 Å². The quantitative estimate of drug-likeness (QED) is 0.832. The maximum absolute atomic E-state index is 5.78.